The molecule has 1 aliphatic heterocycles. The van der Waals surface area contributed by atoms with Crippen molar-refractivity contribution in [2.75, 3.05) is 0 Å². The van der Waals surface area contributed by atoms with Gasteiger partial charge < -0.3 is 10.4 Å². The maximum absolute atomic E-state index is 10.7. The molecule has 0 bridgehead atoms. The molecule has 1 fully saturated rings. The third kappa shape index (κ3) is 3.45. The van der Waals surface area contributed by atoms with Crippen LogP contribution in [0.5, 0.6) is 0 Å². The van der Waals surface area contributed by atoms with Crippen LogP contribution in [0.1, 0.15) is 37.3 Å². The zero-order valence-electron chi connectivity index (χ0n) is 9.53. The Labute approximate surface area is 106 Å². The van der Waals surface area contributed by atoms with Crippen molar-refractivity contribution >= 4 is 17.6 Å². The van der Waals surface area contributed by atoms with Crippen LogP contribution in [0.4, 0.5) is 0 Å². The number of rotatable bonds is 3. The number of carbonyl (C=O) groups is 1. The van der Waals surface area contributed by atoms with Crippen LogP contribution in [0.2, 0.25) is 5.02 Å². The fourth-order valence-electron chi connectivity index (χ4n) is 2.38. The summed E-state index contributed by atoms with van der Waals surface area (Å²) < 4.78 is 0. The molecule has 2 N–H and O–H groups in total. The van der Waals surface area contributed by atoms with Crippen LogP contribution in [0, 0.1) is 0 Å². The first kappa shape index (κ1) is 12.4. The fraction of sp³-hybridized carbons (Fsp3) is 0.462. The van der Waals surface area contributed by atoms with Crippen molar-refractivity contribution in [3.63, 3.8) is 0 Å². The number of nitrogens with one attached hydrogen (secondary N) is 1. The van der Waals surface area contributed by atoms with Crippen molar-refractivity contribution in [3.8, 4) is 0 Å². The lowest BCUT2D eigenvalue weighted by molar-refractivity contribution is -0.137. The third-order valence-electron chi connectivity index (χ3n) is 3.15. The highest BCUT2D eigenvalue weighted by Crippen LogP contribution is 2.27. The van der Waals surface area contributed by atoms with Gasteiger partial charge in [-0.05, 0) is 37.0 Å². The molecular weight excluding hydrogens is 238 g/mol. The summed E-state index contributed by atoms with van der Waals surface area (Å²) in [6.07, 6.45) is 3.22. The summed E-state index contributed by atoms with van der Waals surface area (Å²) in [6, 6.07) is 8.06. The molecule has 0 aliphatic carbocycles. The molecule has 2 rings (SSSR count). The topological polar surface area (TPSA) is 49.3 Å². The van der Waals surface area contributed by atoms with Gasteiger partial charge in [-0.3, -0.25) is 4.79 Å². The number of hydrogen-bond donors (Lipinski definition) is 2. The predicted molar refractivity (Wildman–Crippen MR) is 67.2 cm³/mol. The van der Waals surface area contributed by atoms with Crippen molar-refractivity contribution in [3.05, 3.63) is 34.9 Å². The van der Waals surface area contributed by atoms with E-state index in [1.165, 1.54) is 0 Å². The molecule has 0 radical (unpaired) electrons. The molecule has 1 aromatic carbocycles. The van der Waals surface area contributed by atoms with Gasteiger partial charge in [-0.2, -0.15) is 0 Å². The van der Waals surface area contributed by atoms with E-state index >= 15 is 0 Å². The van der Waals surface area contributed by atoms with Gasteiger partial charge in [-0.25, -0.2) is 0 Å². The molecule has 1 heterocycles. The van der Waals surface area contributed by atoms with Gasteiger partial charge in [0.1, 0.15) is 0 Å². The summed E-state index contributed by atoms with van der Waals surface area (Å²) in [4.78, 5) is 10.7. The number of hydrogen-bond acceptors (Lipinski definition) is 2. The number of carboxylic acids is 1. The van der Waals surface area contributed by atoms with Crippen molar-refractivity contribution in [2.24, 2.45) is 0 Å². The third-order valence-corrected chi connectivity index (χ3v) is 3.39. The van der Waals surface area contributed by atoms with E-state index in [0.717, 1.165) is 29.8 Å². The molecule has 2 atom stereocenters. The van der Waals surface area contributed by atoms with E-state index in [0.29, 0.717) is 0 Å². The lowest BCUT2D eigenvalue weighted by atomic mass is 9.92. The molecule has 3 nitrogen and oxygen atoms in total. The number of piperidine rings is 1. The summed E-state index contributed by atoms with van der Waals surface area (Å²) in [5.41, 5.74) is 1.15. The molecule has 17 heavy (non-hydrogen) atoms. The van der Waals surface area contributed by atoms with E-state index in [1.54, 1.807) is 0 Å². The van der Waals surface area contributed by atoms with E-state index in [2.05, 4.69) is 5.32 Å². The largest absolute Gasteiger partial charge is 0.481 e. The molecular formula is C13H16ClNO2. The van der Waals surface area contributed by atoms with Gasteiger partial charge in [0.05, 0.1) is 6.42 Å². The summed E-state index contributed by atoms with van der Waals surface area (Å²) in [6.45, 7) is 0. The predicted octanol–water partition coefficient (Wildman–Crippen LogP) is 3.00. The minimum absolute atomic E-state index is 0.0743. The second kappa shape index (κ2) is 5.52. The summed E-state index contributed by atoms with van der Waals surface area (Å²) >= 11 is 5.96. The highest BCUT2D eigenvalue weighted by Gasteiger charge is 2.23. The lowest BCUT2D eigenvalue weighted by Gasteiger charge is -2.30. The molecule has 1 aliphatic rings. The van der Waals surface area contributed by atoms with Crippen LogP contribution in [0.15, 0.2) is 24.3 Å². The molecule has 0 saturated carbocycles. The van der Waals surface area contributed by atoms with Crippen LogP contribution < -0.4 is 5.32 Å². The Morgan fingerprint density at radius 3 is 3.00 bits per heavy atom. The highest BCUT2D eigenvalue weighted by atomic mass is 35.5. The van der Waals surface area contributed by atoms with E-state index in [1.807, 2.05) is 24.3 Å². The van der Waals surface area contributed by atoms with Crippen LogP contribution in [0.3, 0.4) is 0 Å². The molecule has 0 spiro atoms. The first-order chi connectivity index (χ1) is 8.15. The van der Waals surface area contributed by atoms with Crippen molar-refractivity contribution in [1.29, 1.82) is 0 Å². The van der Waals surface area contributed by atoms with Gasteiger partial charge >= 0.3 is 5.97 Å². The molecule has 1 saturated heterocycles. The van der Waals surface area contributed by atoms with E-state index < -0.39 is 5.97 Å². The Bertz CT molecular complexity index is 408. The fourth-order valence-corrected chi connectivity index (χ4v) is 2.58. The first-order valence-corrected chi connectivity index (χ1v) is 6.26. The van der Waals surface area contributed by atoms with Gasteiger partial charge in [-0.1, -0.05) is 23.7 Å². The molecule has 4 heteroatoms. The summed E-state index contributed by atoms with van der Waals surface area (Å²) in [5.74, 6) is -0.741. The van der Waals surface area contributed by atoms with Crippen LogP contribution >= 0.6 is 11.6 Å². The van der Waals surface area contributed by atoms with Gasteiger partial charge in [0, 0.05) is 17.1 Å². The maximum atomic E-state index is 10.7. The monoisotopic (exact) mass is 253 g/mol. The van der Waals surface area contributed by atoms with Crippen LogP contribution in [-0.2, 0) is 4.79 Å². The second-order valence-electron chi connectivity index (χ2n) is 4.50. The highest BCUT2D eigenvalue weighted by molar-refractivity contribution is 6.30. The average Bonchev–Trinajstić information content (AvgIpc) is 2.28. The van der Waals surface area contributed by atoms with Crippen LogP contribution in [-0.4, -0.2) is 17.1 Å². The van der Waals surface area contributed by atoms with E-state index in [9.17, 15) is 4.79 Å². The number of carboxylic acid groups (broad SMARTS) is 1. The van der Waals surface area contributed by atoms with Gasteiger partial charge in [0.2, 0.25) is 0 Å². The Balaban J connectivity index is 2.04. The normalized spacial score (nSPS) is 24.5. The average molecular weight is 254 g/mol. The zero-order valence-corrected chi connectivity index (χ0v) is 10.3. The minimum atomic E-state index is -0.741. The first-order valence-electron chi connectivity index (χ1n) is 5.88. The molecule has 0 amide bonds. The molecule has 1 aromatic rings. The molecule has 0 aromatic heterocycles. The van der Waals surface area contributed by atoms with Crippen molar-refractivity contribution in [2.45, 2.75) is 37.8 Å². The Morgan fingerprint density at radius 2 is 2.29 bits per heavy atom. The zero-order chi connectivity index (χ0) is 12.3. The summed E-state index contributed by atoms with van der Waals surface area (Å²) in [7, 11) is 0. The number of benzene rings is 1. The summed E-state index contributed by atoms with van der Waals surface area (Å²) in [5, 5.41) is 12.9. The van der Waals surface area contributed by atoms with Gasteiger partial charge in [0.25, 0.3) is 0 Å². The Morgan fingerprint density at radius 1 is 1.47 bits per heavy atom. The van der Waals surface area contributed by atoms with Crippen molar-refractivity contribution < 1.29 is 9.90 Å². The maximum Gasteiger partial charge on any atom is 0.304 e. The Kier molecular flexibility index (Phi) is 4.02. The molecule has 92 valence electrons. The smallest absolute Gasteiger partial charge is 0.304 e. The van der Waals surface area contributed by atoms with Crippen LogP contribution in [0.25, 0.3) is 0 Å². The standard InChI is InChI=1S/C13H16ClNO2/c14-10-4-1-3-9(7-10)12-6-2-5-11(15-12)8-13(16)17/h1,3-4,7,11-12,15H,2,5-6,8H2,(H,16,17). The quantitative estimate of drug-likeness (QED) is 0.871. The Hall–Kier alpha value is -1.06. The second-order valence-corrected chi connectivity index (χ2v) is 4.94. The van der Waals surface area contributed by atoms with Gasteiger partial charge in [-0.15, -0.1) is 0 Å². The van der Waals surface area contributed by atoms with Crippen molar-refractivity contribution in [1.82, 2.24) is 5.32 Å². The van der Waals surface area contributed by atoms with E-state index in [-0.39, 0.29) is 18.5 Å². The van der Waals surface area contributed by atoms with E-state index in [4.69, 9.17) is 16.7 Å². The minimum Gasteiger partial charge on any atom is -0.481 e. The number of halogens is 1. The lowest BCUT2D eigenvalue weighted by Crippen LogP contribution is -2.38. The van der Waals surface area contributed by atoms with Gasteiger partial charge in [0.15, 0.2) is 0 Å². The SMILES string of the molecule is O=C(O)CC1CCCC(c2cccc(Cl)c2)N1. The number of aliphatic carboxylic acids is 1. The molecule has 2 unspecified atom stereocenters.